The number of benzene rings is 1. The maximum atomic E-state index is 11.6. The molecule has 2 aromatic rings. The summed E-state index contributed by atoms with van der Waals surface area (Å²) in [6, 6.07) is 6.82. The van der Waals surface area contributed by atoms with Crippen molar-refractivity contribution in [2.45, 2.75) is 5.16 Å². The van der Waals surface area contributed by atoms with E-state index in [9.17, 15) is 9.59 Å². The number of nitrogens with two attached hydrogens (primary N) is 1. The first-order valence-corrected chi connectivity index (χ1v) is 7.09. The van der Waals surface area contributed by atoms with Gasteiger partial charge in [-0.2, -0.15) is 0 Å². The number of amides is 1. The van der Waals surface area contributed by atoms with Crippen LogP contribution in [0.2, 0.25) is 0 Å². The Balaban J connectivity index is 1.91. The number of aromatic amines is 1. The van der Waals surface area contributed by atoms with Crippen LogP contribution in [0.25, 0.3) is 0 Å². The molecule has 0 aliphatic rings. The molecule has 0 unspecified atom stereocenters. The summed E-state index contributed by atoms with van der Waals surface area (Å²) in [5.74, 6) is 5.75. The monoisotopic (exact) mass is 309 g/mol. The normalized spacial score (nSPS) is 10.4. The predicted octanol–water partition coefficient (Wildman–Crippen LogP) is -0.117. The number of rotatable bonds is 6. The van der Waals surface area contributed by atoms with Gasteiger partial charge >= 0.3 is 5.69 Å². The van der Waals surface area contributed by atoms with Crippen LogP contribution in [0.15, 0.2) is 34.2 Å². The van der Waals surface area contributed by atoms with Gasteiger partial charge in [0.1, 0.15) is 5.75 Å². The number of nitrogen functional groups attached to an aromatic ring is 1. The van der Waals surface area contributed by atoms with Crippen LogP contribution in [0.3, 0.4) is 0 Å². The number of carbonyl (C=O) groups is 1. The van der Waals surface area contributed by atoms with Crippen LogP contribution >= 0.6 is 11.8 Å². The van der Waals surface area contributed by atoms with Crippen molar-refractivity contribution in [2.75, 3.05) is 12.4 Å². The first-order chi connectivity index (χ1) is 10.1. The highest BCUT2D eigenvalue weighted by Gasteiger charge is 2.10. The van der Waals surface area contributed by atoms with Gasteiger partial charge in [-0.25, -0.2) is 15.7 Å². The van der Waals surface area contributed by atoms with Gasteiger partial charge in [-0.1, -0.05) is 23.9 Å². The van der Waals surface area contributed by atoms with Gasteiger partial charge in [0, 0.05) is 12.8 Å². The van der Waals surface area contributed by atoms with E-state index in [4.69, 9.17) is 10.6 Å². The van der Waals surface area contributed by atoms with Gasteiger partial charge in [-0.15, -0.1) is 5.10 Å². The highest BCUT2D eigenvalue weighted by Crippen LogP contribution is 2.18. The molecular weight excluding hydrogens is 294 g/mol. The van der Waals surface area contributed by atoms with E-state index in [-0.39, 0.29) is 5.69 Å². The summed E-state index contributed by atoms with van der Waals surface area (Å²) >= 11 is 1.38. The average molecular weight is 309 g/mol. The second-order valence-corrected chi connectivity index (χ2v) is 5.10. The highest BCUT2D eigenvalue weighted by atomic mass is 32.2. The summed E-state index contributed by atoms with van der Waals surface area (Å²) in [4.78, 5) is 22.8. The van der Waals surface area contributed by atoms with E-state index >= 15 is 0 Å². The third kappa shape index (κ3) is 3.64. The first kappa shape index (κ1) is 15.1. The Morgan fingerprint density at radius 3 is 2.95 bits per heavy atom. The fraction of sp³-hybridized carbons (Fsp3) is 0.250. The van der Waals surface area contributed by atoms with E-state index < -0.39 is 5.91 Å². The largest absolute Gasteiger partial charge is 0.492 e. The Morgan fingerprint density at radius 2 is 2.29 bits per heavy atom. The SMILES string of the molecule is Cn1c(SCCOc2ccccc2C(=O)NN)n[nH]c1=O. The molecule has 8 nitrogen and oxygen atoms in total. The summed E-state index contributed by atoms with van der Waals surface area (Å²) in [6.45, 7) is 0.362. The lowest BCUT2D eigenvalue weighted by atomic mass is 10.2. The number of hydrogen-bond acceptors (Lipinski definition) is 6. The van der Waals surface area contributed by atoms with Crippen molar-refractivity contribution in [3.05, 3.63) is 40.3 Å². The van der Waals surface area contributed by atoms with Crippen molar-refractivity contribution in [3.63, 3.8) is 0 Å². The van der Waals surface area contributed by atoms with Crippen molar-refractivity contribution in [3.8, 4) is 5.75 Å². The highest BCUT2D eigenvalue weighted by molar-refractivity contribution is 7.99. The lowest BCUT2D eigenvalue weighted by Gasteiger charge is -2.09. The number of para-hydroxylation sites is 1. The number of hydrogen-bond donors (Lipinski definition) is 3. The summed E-state index contributed by atoms with van der Waals surface area (Å²) < 4.78 is 6.98. The Hall–Kier alpha value is -2.26. The van der Waals surface area contributed by atoms with Gasteiger partial charge in [0.25, 0.3) is 5.91 Å². The molecule has 9 heteroatoms. The van der Waals surface area contributed by atoms with Crippen LogP contribution in [0.1, 0.15) is 10.4 Å². The summed E-state index contributed by atoms with van der Waals surface area (Å²) in [6.07, 6.45) is 0. The van der Waals surface area contributed by atoms with Crippen molar-refractivity contribution in [1.82, 2.24) is 20.2 Å². The van der Waals surface area contributed by atoms with Gasteiger partial charge in [0.2, 0.25) is 0 Å². The Kier molecular flexibility index (Phi) is 5.01. The number of nitrogens with one attached hydrogen (secondary N) is 2. The van der Waals surface area contributed by atoms with Crippen molar-refractivity contribution in [2.24, 2.45) is 12.9 Å². The fourth-order valence-electron chi connectivity index (χ4n) is 1.60. The minimum Gasteiger partial charge on any atom is -0.492 e. The van der Waals surface area contributed by atoms with E-state index in [0.717, 1.165) is 0 Å². The van der Waals surface area contributed by atoms with Crippen LogP contribution in [-0.2, 0) is 7.05 Å². The van der Waals surface area contributed by atoms with Crippen LogP contribution in [0.5, 0.6) is 5.75 Å². The molecule has 0 aliphatic heterocycles. The molecule has 0 bridgehead atoms. The third-order valence-corrected chi connectivity index (χ3v) is 3.67. The third-order valence-electron chi connectivity index (χ3n) is 2.67. The van der Waals surface area contributed by atoms with Gasteiger partial charge in [-0.3, -0.25) is 14.8 Å². The number of H-pyrrole nitrogens is 1. The number of ether oxygens (including phenoxy) is 1. The van der Waals surface area contributed by atoms with Crippen LogP contribution < -0.4 is 21.7 Å². The quantitative estimate of drug-likeness (QED) is 0.225. The van der Waals surface area contributed by atoms with Crippen LogP contribution in [0.4, 0.5) is 0 Å². The summed E-state index contributed by atoms with van der Waals surface area (Å²) in [5.41, 5.74) is 2.18. The molecule has 1 heterocycles. The van der Waals surface area contributed by atoms with Crippen molar-refractivity contribution < 1.29 is 9.53 Å². The van der Waals surface area contributed by atoms with Crippen LogP contribution in [-0.4, -0.2) is 33.0 Å². The Labute approximate surface area is 124 Å². The topological polar surface area (TPSA) is 115 Å². The van der Waals surface area contributed by atoms with Gasteiger partial charge in [-0.05, 0) is 12.1 Å². The number of thioether (sulfide) groups is 1. The number of aromatic nitrogens is 3. The van der Waals surface area contributed by atoms with Gasteiger partial charge < -0.3 is 4.74 Å². The molecule has 0 spiro atoms. The van der Waals surface area contributed by atoms with E-state index in [1.54, 1.807) is 31.3 Å². The molecule has 1 amide bonds. The molecule has 0 radical (unpaired) electrons. The first-order valence-electron chi connectivity index (χ1n) is 6.10. The van der Waals surface area contributed by atoms with Crippen molar-refractivity contribution in [1.29, 1.82) is 0 Å². The maximum absolute atomic E-state index is 11.6. The smallest absolute Gasteiger partial charge is 0.343 e. The minimum absolute atomic E-state index is 0.261. The minimum atomic E-state index is -0.409. The van der Waals surface area contributed by atoms with Gasteiger partial charge in [0.15, 0.2) is 5.16 Å². The average Bonchev–Trinajstić information content (AvgIpc) is 2.83. The lowest BCUT2D eigenvalue weighted by molar-refractivity contribution is 0.0950. The molecule has 0 saturated carbocycles. The zero-order valence-corrected chi connectivity index (χ0v) is 12.1. The fourth-order valence-corrected chi connectivity index (χ4v) is 2.34. The van der Waals surface area contributed by atoms with E-state index in [2.05, 4.69) is 15.6 Å². The molecule has 4 N–H and O–H groups in total. The zero-order valence-electron chi connectivity index (χ0n) is 11.3. The second-order valence-electron chi connectivity index (χ2n) is 4.04. The molecule has 0 atom stereocenters. The molecule has 21 heavy (non-hydrogen) atoms. The van der Waals surface area contributed by atoms with Gasteiger partial charge in [0.05, 0.1) is 12.2 Å². The van der Waals surface area contributed by atoms with Crippen molar-refractivity contribution >= 4 is 17.7 Å². The number of carbonyl (C=O) groups excluding carboxylic acids is 1. The molecule has 0 saturated heterocycles. The standard InChI is InChI=1S/C12H15N5O3S/c1-17-11(19)15-16-12(17)21-7-6-20-9-5-3-2-4-8(9)10(18)14-13/h2-5H,6-7,13H2,1H3,(H,14,18)(H,15,19). The van der Waals surface area contributed by atoms with Crippen LogP contribution in [0, 0.1) is 0 Å². The number of nitrogens with zero attached hydrogens (tertiary/aromatic N) is 2. The van der Waals surface area contributed by atoms with E-state index in [1.807, 2.05) is 0 Å². The molecule has 0 aliphatic carbocycles. The number of hydrazine groups is 1. The maximum Gasteiger partial charge on any atom is 0.343 e. The zero-order chi connectivity index (χ0) is 15.2. The molecule has 0 fully saturated rings. The van der Waals surface area contributed by atoms with E-state index in [1.165, 1.54) is 16.3 Å². The second kappa shape index (κ2) is 6.95. The molecule has 2 rings (SSSR count). The molecular formula is C12H15N5O3S. The summed E-state index contributed by atoms with van der Waals surface area (Å²) in [5, 5.41) is 6.81. The molecule has 112 valence electrons. The Morgan fingerprint density at radius 1 is 1.52 bits per heavy atom. The molecule has 1 aromatic heterocycles. The molecule has 1 aromatic carbocycles. The van der Waals surface area contributed by atoms with E-state index in [0.29, 0.717) is 28.8 Å². The Bertz CT molecular complexity index is 682. The predicted molar refractivity (Wildman–Crippen MR) is 78.1 cm³/mol. The lowest BCUT2D eigenvalue weighted by Crippen LogP contribution is -2.30. The summed E-state index contributed by atoms with van der Waals surface area (Å²) in [7, 11) is 1.63.